The topological polar surface area (TPSA) is 65.7 Å². The Labute approximate surface area is 161 Å². The molecule has 0 spiro atoms. The van der Waals surface area contributed by atoms with E-state index in [0.29, 0.717) is 27.2 Å². The normalized spacial score (nSPS) is 15.9. The van der Waals surface area contributed by atoms with Crippen LogP contribution in [0.15, 0.2) is 53.5 Å². The molecule has 0 N–H and O–H groups in total. The van der Waals surface area contributed by atoms with Gasteiger partial charge in [-0.1, -0.05) is 23.4 Å². The van der Waals surface area contributed by atoms with E-state index in [2.05, 4.69) is 4.99 Å². The van der Waals surface area contributed by atoms with E-state index in [1.54, 1.807) is 65.2 Å². The first kappa shape index (κ1) is 18.3. The first-order valence-corrected chi connectivity index (χ1v) is 9.35. The Morgan fingerprint density at radius 3 is 2.58 bits per heavy atom. The summed E-state index contributed by atoms with van der Waals surface area (Å²) >= 11 is 7.50. The number of amidine groups is 1. The average molecular weight is 386 g/mol. The van der Waals surface area contributed by atoms with Gasteiger partial charge in [0.15, 0.2) is 11.8 Å². The van der Waals surface area contributed by atoms with Crippen LogP contribution in [0.25, 0.3) is 0 Å². The smallest absolute Gasteiger partial charge is 0.271 e. The summed E-state index contributed by atoms with van der Waals surface area (Å²) in [6, 6.07) is 15.9. The van der Waals surface area contributed by atoms with Gasteiger partial charge in [-0.3, -0.25) is 14.7 Å². The third-order valence-electron chi connectivity index (χ3n) is 3.66. The molecule has 0 saturated heterocycles. The molecule has 0 radical (unpaired) electrons. The molecule has 2 aromatic carbocycles. The van der Waals surface area contributed by atoms with E-state index < -0.39 is 0 Å². The Kier molecular flexibility index (Phi) is 5.82. The molecule has 1 amide bonds. The lowest BCUT2D eigenvalue weighted by molar-refractivity contribution is -0.119. The van der Waals surface area contributed by atoms with Crippen LogP contribution >= 0.6 is 23.4 Å². The molecule has 1 aliphatic heterocycles. The summed E-state index contributed by atoms with van der Waals surface area (Å²) in [5, 5.41) is 10.1. The van der Waals surface area contributed by atoms with Gasteiger partial charge < -0.3 is 4.74 Å². The number of ether oxygens (including phenoxy) is 1. The lowest BCUT2D eigenvalue weighted by Crippen LogP contribution is -2.38. The number of carbonyl (C=O) groups excluding carboxylic acids is 1. The minimum atomic E-state index is -0.225. The molecule has 1 atom stereocenters. The molecule has 0 aromatic heterocycles. The van der Waals surface area contributed by atoms with E-state index in [4.69, 9.17) is 21.6 Å². The number of hydrogen-bond acceptors (Lipinski definition) is 5. The van der Waals surface area contributed by atoms with Crippen LogP contribution < -0.4 is 9.64 Å². The van der Waals surface area contributed by atoms with Gasteiger partial charge >= 0.3 is 0 Å². The minimum absolute atomic E-state index is 0.136. The fraction of sp³-hybridized carbons (Fsp3) is 0.211. The van der Waals surface area contributed by atoms with Crippen molar-refractivity contribution in [3.05, 3.63) is 59.1 Å². The number of benzene rings is 2. The Balaban J connectivity index is 1.77. The van der Waals surface area contributed by atoms with Gasteiger partial charge in [-0.15, -0.1) is 0 Å². The van der Waals surface area contributed by atoms with Crippen molar-refractivity contribution in [2.24, 2.45) is 4.99 Å². The number of thioether (sulfide) groups is 1. The number of halogens is 1. The SMILES string of the molecule is C[C@@H]1CSC(N(C(=O)COc2ccc(C#N)cc2)c2ccc(Cl)cc2)=N1. The monoisotopic (exact) mass is 385 g/mol. The molecule has 0 saturated carbocycles. The first-order valence-electron chi connectivity index (χ1n) is 7.99. The number of rotatable bonds is 4. The molecular formula is C19H16ClN3O2S. The minimum Gasteiger partial charge on any atom is -0.484 e. The second-order valence-corrected chi connectivity index (χ2v) is 7.13. The first-order chi connectivity index (χ1) is 12.6. The molecule has 1 aliphatic rings. The molecule has 0 unspecified atom stereocenters. The summed E-state index contributed by atoms with van der Waals surface area (Å²) in [6.45, 7) is 1.88. The highest BCUT2D eigenvalue weighted by Crippen LogP contribution is 2.27. The largest absolute Gasteiger partial charge is 0.484 e. The molecule has 2 aromatic rings. The molecule has 0 bridgehead atoms. The highest BCUT2D eigenvalue weighted by molar-refractivity contribution is 8.14. The maximum Gasteiger partial charge on any atom is 0.271 e. The predicted octanol–water partition coefficient (Wildman–Crippen LogP) is 4.11. The molecule has 3 rings (SSSR count). The summed E-state index contributed by atoms with van der Waals surface area (Å²) in [5.74, 6) is 1.14. The van der Waals surface area contributed by atoms with Crippen molar-refractivity contribution in [2.45, 2.75) is 13.0 Å². The van der Waals surface area contributed by atoms with Crippen molar-refractivity contribution >= 4 is 40.1 Å². The van der Waals surface area contributed by atoms with Gasteiger partial charge in [0.1, 0.15) is 5.75 Å². The summed E-state index contributed by atoms with van der Waals surface area (Å²) < 4.78 is 5.59. The number of hydrogen-bond donors (Lipinski definition) is 0. The van der Waals surface area contributed by atoms with Gasteiger partial charge in [-0.05, 0) is 55.5 Å². The average Bonchev–Trinajstić information content (AvgIpc) is 3.08. The molecule has 0 aliphatic carbocycles. The molecule has 26 heavy (non-hydrogen) atoms. The third kappa shape index (κ3) is 4.37. The fourth-order valence-corrected chi connectivity index (χ4v) is 3.55. The lowest BCUT2D eigenvalue weighted by Gasteiger charge is -2.22. The zero-order valence-electron chi connectivity index (χ0n) is 14.1. The van der Waals surface area contributed by atoms with Crippen LogP contribution in [0.4, 0.5) is 5.69 Å². The van der Waals surface area contributed by atoms with Crippen LogP contribution in [-0.2, 0) is 4.79 Å². The number of carbonyl (C=O) groups is 1. The van der Waals surface area contributed by atoms with Gasteiger partial charge in [0.2, 0.25) is 0 Å². The van der Waals surface area contributed by atoms with Crippen molar-refractivity contribution in [1.29, 1.82) is 5.26 Å². The van der Waals surface area contributed by atoms with E-state index in [1.807, 2.05) is 13.0 Å². The number of anilines is 1. The van der Waals surface area contributed by atoms with Gasteiger partial charge in [0.05, 0.1) is 23.4 Å². The number of nitriles is 1. The predicted molar refractivity (Wildman–Crippen MR) is 105 cm³/mol. The van der Waals surface area contributed by atoms with E-state index >= 15 is 0 Å². The van der Waals surface area contributed by atoms with Gasteiger partial charge in [-0.2, -0.15) is 5.26 Å². The quantitative estimate of drug-likeness (QED) is 0.794. The number of nitrogens with zero attached hydrogens (tertiary/aromatic N) is 3. The summed E-state index contributed by atoms with van der Waals surface area (Å²) in [4.78, 5) is 19.0. The fourth-order valence-electron chi connectivity index (χ4n) is 2.37. The Bertz CT molecular complexity index is 860. The van der Waals surface area contributed by atoms with Gasteiger partial charge in [-0.25, -0.2) is 0 Å². The van der Waals surface area contributed by atoms with Gasteiger partial charge in [0.25, 0.3) is 5.91 Å². The van der Waals surface area contributed by atoms with E-state index in [-0.39, 0.29) is 18.6 Å². The van der Waals surface area contributed by atoms with Crippen molar-refractivity contribution in [2.75, 3.05) is 17.3 Å². The molecular weight excluding hydrogens is 370 g/mol. The van der Waals surface area contributed by atoms with Crippen LogP contribution in [0, 0.1) is 11.3 Å². The molecule has 7 heteroatoms. The van der Waals surface area contributed by atoms with E-state index in [9.17, 15) is 4.79 Å². The second-order valence-electron chi connectivity index (χ2n) is 5.70. The second kappa shape index (κ2) is 8.26. The van der Waals surface area contributed by atoms with E-state index in [1.165, 1.54) is 0 Å². The molecule has 5 nitrogen and oxygen atoms in total. The highest BCUT2D eigenvalue weighted by atomic mass is 35.5. The van der Waals surface area contributed by atoms with Crippen molar-refractivity contribution in [3.8, 4) is 11.8 Å². The van der Waals surface area contributed by atoms with Gasteiger partial charge in [0, 0.05) is 10.8 Å². The maximum absolute atomic E-state index is 12.8. The maximum atomic E-state index is 12.8. The lowest BCUT2D eigenvalue weighted by atomic mass is 10.2. The zero-order chi connectivity index (χ0) is 18.5. The van der Waals surface area contributed by atoms with Crippen LogP contribution in [0.3, 0.4) is 0 Å². The van der Waals surface area contributed by atoms with Crippen LogP contribution in [-0.4, -0.2) is 29.5 Å². The molecule has 132 valence electrons. The summed E-state index contributed by atoms with van der Waals surface area (Å²) in [7, 11) is 0. The number of aliphatic imine (C=N–C) groups is 1. The Hall–Kier alpha value is -2.49. The Morgan fingerprint density at radius 2 is 2.00 bits per heavy atom. The number of amides is 1. The van der Waals surface area contributed by atoms with E-state index in [0.717, 1.165) is 5.75 Å². The zero-order valence-corrected chi connectivity index (χ0v) is 15.6. The standard InChI is InChI=1S/C19H16ClN3O2S/c1-13-12-26-19(22-13)23(16-6-4-15(20)5-7-16)18(24)11-25-17-8-2-14(10-21)3-9-17/h2-9,13H,11-12H2,1H3/t13-/m1/s1. The Morgan fingerprint density at radius 1 is 1.31 bits per heavy atom. The van der Waals surface area contributed by atoms with Crippen molar-refractivity contribution < 1.29 is 9.53 Å². The van der Waals surface area contributed by atoms with Crippen LogP contribution in [0.5, 0.6) is 5.75 Å². The van der Waals surface area contributed by atoms with Crippen LogP contribution in [0.2, 0.25) is 5.02 Å². The highest BCUT2D eigenvalue weighted by Gasteiger charge is 2.27. The summed E-state index contributed by atoms with van der Waals surface area (Å²) in [5.41, 5.74) is 1.24. The summed E-state index contributed by atoms with van der Waals surface area (Å²) in [6.07, 6.45) is 0. The third-order valence-corrected chi connectivity index (χ3v) is 5.10. The van der Waals surface area contributed by atoms with Crippen molar-refractivity contribution in [3.63, 3.8) is 0 Å². The molecule has 0 fully saturated rings. The van der Waals surface area contributed by atoms with Crippen molar-refractivity contribution in [1.82, 2.24) is 0 Å². The molecule has 1 heterocycles. The van der Waals surface area contributed by atoms with Crippen LogP contribution in [0.1, 0.15) is 12.5 Å².